The number of nitrogens with one attached hydrogen (secondary N) is 1. The molecule has 34 heavy (non-hydrogen) atoms. The number of hydrogen-bond donors (Lipinski definition) is 3. The normalized spacial score (nSPS) is 26.3. The van der Waals surface area contributed by atoms with Crippen LogP contribution in [0.15, 0.2) is 60.7 Å². The number of ether oxygens (including phenoxy) is 2. The molecule has 0 aromatic heterocycles. The molecule has 3 N–H and O–H groups in total. The number of hydrogen-bond acceptors (Lipinski definition) is 7. The molecule has 0 bridgehead atoms. The number of para-hydroxylation sites is 2. The minimum absolute atomic E-state index is 0.0811. The quantitative estimate of drug-likeness (QED) is 0.586. The van der Waals surface area contributed by atoms with Gasteiger partial charge in [0.05, 0.1) is 18.5 Å². The summed E-state index contributed by atoms with van der Waals surface area (Å²) in [4.78, 5) is 0. The van der Waals surface area contributed by atoms with Crippen LogP contribution < -0.4 is 14.8 Å². The third kappa shape index (κ3) is 8.56. The van der Waals surface area contributed by atoms with Crippen molar-refractivity contribution in [1.82, 2.24) is 9.62 Å². The van der Waals surface area contributed by atoms with Crippen LogP contribution in [0.2, 0.25) is 0 Å². The largest absolute Gasteiger partial charge is 0.488 e. The molecule has 2 fully saturated rings. The van der Waals surface area contributed by atoms with E-state index < -0.39 is 16.1 Å². The molecule has 2 heterocycles. The first-order valence-corrected chi connectivity index (χ1v) is 13.6. The summed E-state index contributed by atoms with van der Waals surface area (Å²) in [7, 11) is -3.20. The Balaban J connectivity index is 0.000000196. The minimum atomic E-state index is -3.20. The molecule has 2 aliphatic heterocycles. The summed E-state index contributed by atoms with van der Waals surface area (Å²) in [6.07, 6.45) is 2.24. The third-order valence-corrected chi connectivity index (χ3v) is 7.25. The van der Waals surface area contributed by atoms with Crippen molar-refractivity contribution in [2.24, 2.45) is 0 Å². The lowest BCUT2D eigenvalue weighted by molar-refractivity contribution is 0.0350. The van der Waals surface area contributed by atoms with Gasteiger partial charge in [0, 0.05) is 19.5 Å². The second-order valence-corrected chi connectivity index (χ2v) is 10.6. The van der Waals surface area contributed by atoms with Gasteiger partial charge in [0.2, 0.25) is 10.0 Å². The van der Waals surface area contributed by atoms with Gasteiger partial charge >= 0.3 is 0 Å². The van der Waals surface area contributed by atoms with E-state index in [1.807, 2.05) is 60.7 Å². The minimum Gasteiger partial charge on any atom is -0.488 e. The van der Waals surface area contributed by atoms with E-state index in [4.69, 9.17) is 9.47 Å². The molecule has 2 aromatic rings. The van der Waals surface area contributed by atoms with Crippen LogP contribution in [0.1, 0.15) is 25.7 Å². The van der Waals surface area contributed by atoms with E-state index in [1.165, 1.54) is 10.6 Å². The molecule has 2 saturated heterocycles. The topological polar surface area (TPSA) is 108 Å². The van der Waals surface area contributed by atoms with Crippen molar-refractivity contribution < 1.29 is 28.1 Å². The van der Waals surface area contributed by atoms with Crippen LogP contribution in [0, 0.1) is 0 Å². The second kappa shape index (κ2) is 13.1. The van der Waals surface area contributed by atoms with E-state index in [1.54, 1.807) is 0 Å². The van der Waals surface area contributed by atoms with Gasteiger partial charge in [-0.3, -0.25) is 0 Å². The highest BCUT2D eigenvalue weighted by molar-refractivity contribution is 7.88. The zero-order valence-electron chi connectivity index (χ0n) is 19.6. The van der Waals surface area contributed by atoms with Gasteiger partial charge in [-0.15, -0.1) is 0 Å². The average Bonchev–Trinajstić information content (AvgIpc) is 3.14. The lowest BCUT2D eigenvalue weighted by Gasteiger charge is -2.21. The first-order chi connectivity index (χ1) is 16.3. The Morgan fingerprint density at radius 1 is 0.765 bits per heavy atom. The van der Waals surface area contributed by atoms with Crippen LogP contribution in [0.25, 0.3) is 0 Å². The number of benzene rings is 2. The van der Waals surface area contributed by atoms with Crippen molar-refractivity contribution in [2.75, 3.05) is 32.4 Å². The van der Waals surface area contributed by atoms with Crippen molar-refractivity contribution >= 4 is 10.0 Å². The van der Waals surface area contributed by atoms with Crippen molar-refractivity contribution in [3.05, 3.63) is 60.7 Å². The summed E-state index contributed by atoms with van der Waals surface area (Å²) in [6.45, 7) is 2.51. The Labute approximate surface area is 202 Å². The van der Waals surface area contributed by atoms with E-state index >= 15 is 0 Å². The molecule has 0 amide bonds. The third-order valence-electron chi connectivity index (χ3n) is 5.95. The van der Waals surface area contributed by atoms with Gasteiger partial charge < -0.3 is 25.0 Å². The maximum Gasteiger partial charge on any atom is 0.211 e. The van der Waals surface area contributed by atoms with E-state index in [2.05, 4.69) is 5.32 Å². The van der Waals surface area contributed by atoms with Crippen LogP contribution in [0.5, 0.6) is 11.5 Å². The zero-order valence-corrected chi connectivity index (χ0v) is 20.4. The lowest BCUT2D eigenvalue weighted by atomic mass is 10.1. The van der Waals surface area contributed by atoms with Crippen molar-refractivity contribution in [3.63, 3.8) is 0 Å². The van der Waals surface area contributed by atoms with Crippen LogP contribution in [0.3, 0.4) is 0 Å². The molecule has 2 aromatic carbocycles. The molecule has 8 nitrogen and oxygen atoms in total. The van der Waals surface area contributed by atoms with Crippen LogP contribution in [-0.2, 0) is 10.0 Å². The number of nitrogens with zero attached hydrogens (tertiary/aromatic N) is 1. The fourth-order valence-electron chi connectivity index (χ4n) is 3.99. The molecule has 4 rings (SSSR count). The van der Waals surface area contributed by atoms with Gasteiger partial charge in [0.25, 0.3) is 0 Å². The Morgan fingerprint density at radius 3 is 1.79 bits per heavy atom. The maximum absolute atomic E-state index is 11.5. The smallest absolute Gasteiger partial charge is 0.211 e. The summed E-state index contributed by atoms with van der Waals surface area (Å²) >= 11 is 0. The monoisotopic (exact) mass is 492 g/mol. The number of rotatable bonds is 5. The van der Waals surface area contributed by atoms with Gasteiger partial charge in [0.1, 0.15) is 23.7 Å². The predicted molar refractivity (Wildman–Crippen MR) is 131 cm³/mol. The highest BCUT2D eigenvalue weighted by atomic mass is 32.2. The standard InChI is InChI=1S/C13H19NO4S.C12H17NO2/c1-19(16,17)14-9-7-12(15)13(8-10-14)18-11-5-3-2-4-6-11;14-11-6-8-13-9-7-12(11)15-10-4-2-1-3-5-10/h2-6,12-13,15H,7-10H2,1H3;1-5,11-14H,6-9H2/t12-,13-;11-,12-/m11/s1. The van der Waals surface area contributed by atoms with Gasteiger partial charge in [0.15, 0.2) is 0 Å². The fraction of sp³-hybridized carbons (Fsp3) is 0.520. The van der Waals surface area contributed by atoms with Crippen molar-refractivity contribution in [2.45, 2.75) is 50.1 Å². The lowest BCUT2D eigenvalue weighted by Crippen LogP contribution is -2.32. The second-order valence-electron chi connectivity index (χ2n) is 8.64. The molecule has 4 atom stereocenters. The summed E-state index contributed by atoms with van der Waals surface area (Å²) in [6, 6.07) is 18.9. The number of aliphatic hydroxyl groups excluding tert-OH is 2. The molecule has 0 radical (unpaired) electrons. The summed E-state index contributed by atoms with van der Waals surface area (Å²) in [5.41, 5.74) is 0. The molecule has 0 unspecified atom stereocenters. The van der Waals surface area contributed by atoms with Gasteiger partial charge in [-0.05, 0) is 56.6 Å². The molecular formula is C25H36N2O6S. The predicted octanol–water partition coefficient (Wildman–Crippen LogP) is 2.03. The molecule has 0 spiro atoms. The molecule has 2 aliphatic rings. The van der Waals surface area contributed by atoms with Crippen LogP contribution in [0.4, 0.5) is 0 Å². The number of aliphatic hydroxyl groups is 2. The van der Waals surface area contributed by atoms with E-state index in [9.17, 15) is 18.6 Å². The molecular weight excluding hydrogens is 456 g/mol. The van der Waals surface area contributed by atoms with Gasteiger partial charge in [-0.25, -0.2) is 12.7 Å². The van der Waals surface area contributed by atoms with Crippen molar-refractivity contribution in [3.8, 4) is 11.5 Å². The first-order valence-electron chi connectivity index (χ1n) is 11.8. The van der Waals surface area contributed by atoms with E-state index in [0.29, 0.717) is 31.7 Å². The van der Waals surface area contributed by atoms with Crippen LogP contribution >= 0.6 is 0 Å². The zero-order chi connectivity index (χ0) is 24.4. The maximum atomic E-state index is 11.5. The SMILES string of the molecule is CS(=O)(=O)N1CC[C@@H](O)[C@H](Oc2ccccc2)CC1.O[C@@H]1CCNCC[C@H]1Oc1ccccc1. The van der Waals surface area contributed by atoms with Gasteiger partial charge in [-0.2, -0.15) is 0 Å². The molecule has 9 heteroatoms. The summed E-state index contributed by atoms with van der Waals surface area (Å²) in [5, 5.41) is 23.1. The van der Waals surface area contributed by atoms with Crippen LogP contribution in [-0.4, -0.2) is 79.8 Å². The Hall–Kier alpha value is -2.17. The Morgan fingerprint density at radius 2 is 1.24 bits per heavy atom. The molecule has 0 aliphatic carbocycles. The average molecular weight is 493 g/mol. The highest BCUT2D eigenvalue weighted by Gasteiger charge is 2.29. The Bertz CT molecular complexity index is 944. The fourth-order valence-corrected chi connectivity index (χ4v) is 4.86. The molecule has 0 saturated carbocycles. The summed E-state index contributed by atoms with van der Waals surface area (Å²) < 4.78 is 35.9. The molecule has 188 valence electrons. The van der Waals surface area contributed by atoms with Gasteiger partial charge in [-0.1, -0.05) is 36.4 Å². The highest BCUT2D eigenvalue weighted by Crippen LogP contribution is 2.20. The summed E-state index contributed by atoms with van der Waals surface area (Å²) in [5.74, 6) is 1.53. The Kier molecular flexibility index (Phi) is 10.2. The van der Waals surface area contributed by atoms with Crippen molar-refractivity contribution in [1.29, 1.82) is 0 Å². The first kappa shape index (κ1) is 26.4. The number of sulfonamides is 1. The van der Waals surface area contributed by atoms with E-state index in [-0.39, 0.29) is 18.3 Å². The van der Waals surface area contributed by atoms with E-state index in [0.717, 1.165) is 31.7 Å².